The first-order valence-electron chi connectivity index (χ1n) is 4.56. The number of hydrogen-bond acceptors (Lipinski definition) is 3. The molecule has 0 spiro atoms. The molecule has 0 N–H and O–H groups in total. The molecule has 5 nitrogen and oxygen atoms in total. The molecular weight excluding hydrogens is 321 g/mol. The molecule has 0 saturated carbocycles. The Morgan fingerprint density at radius 1 is 1.38 bits per heavy atom. The van der Waals surface area contributed by atoms with Crippen molar-refractivity contribution in [1.29, 1.82) is 0 Å². The van der Waals surface area contributed by atoms with Crippen molar-refractivity contribution in [2.24, 2.45) is 0 Å². The van der Waals surface area contributed by atoms with Gasteiger partial charge in [0.05, 0.1) is 21.2 Å². The van der Waals surface area contributed by atoms with Gasteiger partial charge in [0.1, 0.15) is 0 Å². The zero-order valence-electron chi connectivity index (χ0n) is 8.21. The first-order valence-corrected chi connectivity index (χ1v) is 5.64. The van der Waals surface area contributed by atoms with Crippen molar-refractivity contribution in [3.63, 3.8) is 0 Å². The van der Waals surface area contributed by atoms with E-state index in [2.05, 4.69) is 27.7 Å². The summed E-state index contributed by atoms with van der Waals surface area (Å²) in [6, 6.07) is 6.49. The van der Waals surface area contributed by atoms with Gasteiger partial charge in [-0.15, -0.1) is 0 Å². The summed E-state index contributed by atoms with van der Waals surface area (Å²) in [6.07, 6.45) is 3.69. The van der Waals surface area contributed by atoms with E-state index in [1.807, 2.05) is 6.20 Å². The zero-order chi connectivity index (χ0) is 11.5. The van der Waals surface area contributed by atoms with Crippen molar-refractivity contribution in [2.45, 2.75) is 6.54 Å². The molecule has 0 aliphatic carbocycles. The molecule has 1 aromatic heterocycles. The summed E-state index contributed by atoms with van der Waals surface area (Å²) in [7, 11) is 0. The second kappa shape index (κ2) is 4.60. The molecule has 6 heteroatoms. The maximum absolute atomic E-state index is 10.5. The molecule has 0 saturated heterocycles. The van der Waals surface area contributed by atoms with Crippen molar-refractivity contribution >= 4 is 28.3 Å². The van der Waals surface area contributed by atoms with Crippen LogP contribution >= 0.6 is 22.6 Å². The first-order chi connectivity index (χ1) is 7.65. The van der Waals surface area contributed by atoms with Crippen LogP contribution in [0.1, 0.15) is 5.56 Å². The van der Waals surface area contributed by atoms with Gasteiger partial charge in [-0.2, -0.15) is 5.10 Å². The Labute approximate surface area is 105 Å². The Hall–Kier alpha value is -1.44. The maximum Gasteiger partial charge on any atom is 0.269 e. The Bertz CT molecular complexity index is 507. The lowest BCUT2D eigenvalue weighted by Crippen LogP contribution is -1.99. The van der Waals surface area contributed by atoms with Gasteiger partial charge >= 0.3 is 0 Å². The number of halogens is 1. The molecule has 0 unspecified atom stereocenters. The van der Waals surface area contributed by atoms with Crippen LogP contribution in [0.25, 0.3) is 0 Å². The lowest BCUT2D eigenvalue weighted by molar-refractivity contribution is -0.384. The smallest absolute Gasteiger partial charge is 0.267 e. The highest BCUT2D eigenvalue weighted by molar-refractivity contribution is 14.1. The summed E-state index contributed by atoms with van der Waals surface area (Å²) in [5.74, 6) is 0. The van der Waals surface area contributed by atoms with Crippen molar-refractivity contribution in [2.75, 3.05) is 0 Å². The Balaban J connectivity index is 2.14. The van der Waals surface area contributed by atoms with Crippen LogP contribution in [-0.2, 0) is 6.54 Å². The van der Waals surface area contributed by atoms with E-state index in [-0.39, 0.29) is 5.69 Å². The van der Waals surface area contributed by atoms with Gasteiger partial charge in [0.25, 0.3) is 5.69 Å². The van der Waals surface area contributed by atoms with Crippen LogP contribution in [-0.4, -0.2) is 14.7 Å². The number of hydrogen-bond donors (Lipinski definition) is 0. The number of nitro groups is 1. The first kappa shape index (κ1) is 11.1. The Kier molecular flexibility index (Phi) is 3.18. The third kappa shape index (κ3) is 2.57. The van der Waals surface area contributed by atoms with Crippen LogP contribution in [0.2, 0.25) is 0 Å². The number of non-ortho nitro benzene ring substituents is 1. The third-order valence-electron chi connectivity index (χ3n) is 2.09. The fourth-order valence-corrected chi connectivity index (χ4v) is 1.78. The standard InChI is InChI=1S/C10H8IN3O2/c11-9-5-12-13(7-9)6-8-1-3-10(4-2-8)14(15)16/h1-5,7H,6H2. The molecule has 1 aromatic carbocycles. The van der Waals surface area contributed by atoms with E-state index in [4.69, 9.17) is 0 Å². The summed E-state index contributed by atoms with van der Waals surface area (Å²) >= 11 is 2.18. The maximum atomic E-state index is 10.5. The average molecular weight is 329 g/mol. The van der Waals surface area contributed by atoms with Gasteiger partial charge in [0.2, 0.25) is 0 Å². The summed E-state index contributed by atoms with van der Waals surface area (Å²) in [4.78, 5) is 10.1. The third-order valence-corrected chi connectivity index (χ3v) is 2.65. The number of aromatic nitrogens is 2. The van der Waals surface area contributed by atoms with Crippen LogP contribution in [0.15, 0.2) is 36.7 Å². The predicted octanol–water partition coefficient (Wildman–Crippen LogP) is 2.44. The van der Waals surface area contributed by atoms with E-state index in [9.17, 15) is 10.1 Å². The van der Waals surface area contributed by atoms with Crippen LogP contribution in [0.3, 0.4) is 0 Å². The SMILES string of the molecule is O=[N+]([O-])c1ccc(Cn2cc(I)cn2)cc1. The molecule has 2 aromatic rings. The minimum Gasteiger partial charge on any atom is -0.267 e. The highest BCUT2D eigenvalue weighted by Crippen LogP contribution is 2.13. The molecule has 16 heavy (non-hydrogen) atoms. The van der Waals surface area contributed by atoms with Gasteiger partial charge in [-0.3, -0.25) is 14.8 Å². The second-order valence-corrected chi connectivity index (χ2v) is 4.53. The van der Waals surface area contributed by atoms with Crippen LogP contribution in [0.5, 0.6) is 0 Å². The van der Waals surface area contributed by atoms with E-state index in [1.54, 1.807) is 23.0 Å². The fraction of sp³-hybridized carbons (Fsp3) is 0.100. The number of benzene rings is 1. The van der Waals surface area contributed by atoms with Gasteiger partial charge in [-0.05, 0) is 28.2 Å². The molecule has 0 fully saturated rings. The van der Waals surface area contributed by atoms with Gasteiger partial charge in [-0.1, -0.05) is 12.1 Å². The van der Waals surface area contributed by atoms with Gasteiger partial charge in [0, 0.05) is 18.3 Å². The zero-order valence-corrected chi connectivity index (χ0v) is 10.4. The predicted molar refractivity (Wildman–Crippen MR) is 67.1 cm³/mol. The molecule has 0 bridgehead atoms. The summed E-state index contributed by atoms with van der Waals surface area (Å²) < 4.78 is 2.86. The highest BCUT2D eigenvalue weighted by Gasteiger charge is 2.04. The van der Waals surface area contributed by atoms with Gasteiger partial charge in [0.15, 0.2) is 0 Å². The molecule has 0 radical (unpaired) electrons. The lowest BCUT2D eigenvalue weighted by atomic mass is 10.2. The Morgan fingerprint density at radius 3 is 2.56 bits per heavy atom. The molecule has 0 atom stereocenters. The minimum atomic E-state index is -0.402. The van der Waals surface area contributed by atoms with E-state index in [0.29, 0.717) is 6.54 Å². The molecule has 0 aliphatic rings. The van der Waals surface area contributed by atoms with Crippen molar-refractivity contribution < 1.29 is 4.92 Å². The molecular formula is C10H8IN3O2. The largest absolute Gasteiger partial charge is 0.269 e. The Morgan fingerprint density at radius 2 is 2.06 bits per heavy atom. The number of nitro benzene ring substituents is 1. The van der Waals surface area contributed by atoms with Crippen molar-refractivity contribution in [3.05, 3.63) is 55.9 Å². The lowest BCUT2D eigenvalue weighted by Gasteiger charge is -2.00. The second-order valence-electron chi connectivity index (χ2n) is 3.28. The minimum absolute atomic E-state index is 0.110. The van der Waals surface area contributed by atoms with Gasteiger partial charge < -0.3 is 0 Å². The van der Waals surface area contributed by atoms with E-state index in [0.717, 1.165) is 9.13 Å². The quantitative estimate of drug-likeness (QED) is 0.494. The molecule has 0 amide bonds. The fourth-order valence-electron chi connectivity index (χ4n) is 1.33. The van der Waals surface area contributed by atoms with Crippen molar-refractivity contribution in [3.8, 4) is 0 Å². The number of nitrogens with zero attached hydrogens (tertiary/aromatic N) is 3. The van der Waals surface area contributed by atoms with E-state index >= 15 is 0 Å². The van der Waals surface area contributed by atoms with Crippen molar-refractivity contribution in [1.82, 2.24) is 9.78 Å². The van der Waals surface area contributed by atoms with E-state index in [1.165, 1.54) is 12.1 Å². The average Bonchev–Trinajstić information content (AvgIpc) is 2.65. The number of rotatable bonds is 3. The normalized spacial score (nSPS) is 10.3. The molecule has 1 heterocycles. The van der Waals surface area contributed by atoms with E-state index < -0.39 is 4.92 Å². The molecule has 82 valence electrons. The van der Waals surface area contributed by atoms with Gasteiger partial charge in [-0.25, -0.2) is 0 Å². The molecule has 2 rings (SSSR count). The summed E-state index contributed by atoms with van der Waals surface area (Å²) in [5, 5.41) is 14.6. The topological polar surface area (TPSA) is 61.0 Å². The monoisotopic (exact) mass is 329 g/mol. The summed E-state index contributed by atoms with van der Waals surface area (Å²) in [6.45, 7) is 0.626. The van der Waals surface area contributed by atoms with Crippen LogP contribution in [0.4, 0.5) is 5.69 Å². The van der Waals surface area contributed by atoms with Crippen LogP contribution < -0.4 is 0 Å². The highest BCUT2D eigenvalue weighted by atomic mass is 127. The summed E-state index contributed by atoms with van der Waals surface area (Å²) in [5.41, 5.74) is 1.10. The van der Waals surface area contributed by atoms with Crippen LogP contribution in [0, 0.1) is 13.7 Å². The molecule has 0 aliphatic heterocycles.